The molecule has 0 saturated heterocycles. The van der Waals surface area contributed by atoms with Crippen LogP contribution in [0.4, 0.5) is 0 Å². The van der Waals surface area contributed by atoms with Crippen molar-refractivity contribution in [3.05, 3.63) is 0 Å². The van der Waals surface area contributed by atoms with Crippen molar-refractivity contribution in [1.29, 1.82) is 5.26 Å². The highest BCUT2D eigenvalue weighted by Gasteiger charge is 2.19. The number of carbonyl (C=O) groups is 1. The van der Waals surface area contributed by atoms with Crippen LogP contribution in [0.1, 0.15) is 39.0 Å². The van der Waals surface area contributed by atoms with Gasteiger partial charge in [0.05, 0.1) is 6.07 Å². The standard InChI is InChI=1S/C10H16N2O/c1-8-3-2-4-9(7-8)12-10(13)5-6-11/h8-9H,2-5,7H2,1H3,(H,12,13). The predicted octanol–water partition coefficient (Wildman–Crippen LogP) is 1.59. The van der Waals surface area contributed by atoms with Gasteiger partial charge in [0.2, 0.25) is 5.91 Å². The molecule has 0 spiro atoms. The highest BCUT2D eigenvalue weighted by Crippen LogP contribution is 2.23. The molecule has 3 nitrogen and oxygen atoms in total. The lowest BCUT2D eigenvalue weighted by atomic mass is 9.87. The highest BCUT2D eigenvalue weighted by atomic mass is 16.1. The Labute approximate surface area is 79.1 Å². The van der Waals surface area contributed by atoms with E-state index in [9.17, 15) is 4.79 Å². The van der Waals surface area contributed by atoms with Crippen LogP contribution in [0.3, 0.4) is 0 Å². The molecule has 1 aliphatic rings. The first-order chi connectivity index (χ1) is 6.22. The smallest absolute Gasteiger partial charge is 0.234 e. The summed E-state index contributed by atoms with van der Waals surface area (Å²) in [6, 6.07) is 2.17. The summed E-state index contributed by atoms with van der Waals surface area (Å²) in [6.07, 6.45) is 4.59. The topological polar surface area (TPSA) is 52.9 Å². The lowest BCUT2D eigenvalue weighted by molar-refractivity contribution is -0.121. The molecular formula is C10H16N2O. The van der Waals surface area contributed by atoms with Gasteiger partial charge in [-0.25, -0.2) is 0 Å². The van der Waals surface area contributed by atoms with Gasteiger partial charge in [-0.1, -0.05) is 19.8 Å². The van der Waals surface area contributed by atoms with Crippen LogP contribution in [0.25, 0.3) is 0 Å². The molecule has 3 heteroatoms. The fraction of sp³-hybridized carbons (Fsp3) is 0.800. The second-order valence-electron chi connectivity index (χ2n) is 3.87. The van der Waals surface area contributed by atoms with Crippen molar-refractivity contribution >= 4 is 5.91 Å². The van der Waals surface area contributed by atoms with Gasteiger partial charge in [-0.2, -0.15) is 5.26 Å². The molecule has 0 radical (unpaired) electrons. The quantitative estimate of drug-likeness (QED) is 0.701. The maximum absolute atomic E-state index is 11.1. The fourth-order valence-electron chi connectivity index (χ4n) is 1.92. The van der Waals surface area contributed by atoms with E-state index in [1.807, 2.05) is 6.07 Å². The van der Waals surface area contributed by atoms with Crippen molar-refractivity contribution in [3.8, 4) is 6.07 Å². The summed E-state index contributed by atoms with van der Waals surface area (Å²) in [5.74, 6) is 0.586. The van der Waals surface area contributed by atoms with E-state index in [0.29, 0.717) is 12.0 Å². The first-order valence-corrected chi connectivity index (χ1v) is 4.88. The van der Waals surface area contributed by atoms with Gasteiger partial charge in [-0.05, 0) is 18.8 Å². The molecule has 13 heavy (non-hydrogen) atoms. The van der Waals surface area contributed by atoms with Gasteiger partial charge in [-0.3, -0.25) is 4.79 Å². The van der Waals surface area contributed by atoms with E-state index in [-0.39, 0.29) is 12.3 Å². The summed E-state index contributed by atoms with van der Waals surface area (Å²) < 4.78 is 0. The predicted molar refractivity (Wildman–Crippen MR) is 49.8 cm³/mol. The SMILES string of the molecule is CC1CCCC(NC(=O)CC#N)C1. The van der Waals surface area contributed by atoms with Crippen LogP contribution < -0.4 is 5.32 Å². The van der Waals surface area contributed by atoms with Gasteiger partial charge >= 0.3 is 0 Å². The summed E-state index contributed by atoms with van der Waals surface area (Å²) in [5.41, 5.74) is 0. The Hall–Kier alpha value is -1.04. The molecule has 1 saturated carbocycles. The molecule has 0 aromatic rings. The molecule has 0 aliphatic heterocycles. The molecule has 1 fully saturated rings. The molecular weight excluding hydrogens is 164 g/mol. The van der Waals surface area contributed by atoms with Crippen LogP contribution in [0.2, 0.25) is 0 Å². The van der Waals surface area contributed by atoms with E-state index < -0.39 is 0 Å². The number of amides is 1. The third-order valence-electron chi connectivity index (χ3n) is 2.54. The Morgan fingerprint density at radius 1 is 1.62 bits per heavy atom. The van der Waals surface area contributed by atoms with Crippen molar-refractivity contribution < 1.29 is 4.79 Å². The zero-order valence-corrected chi connectivity index (χ0v) is 8.05. The zero-order valence-electron chi connectivity index (χ0n) is 8.05. The number of nitriles is 1. The minimum atomic E-state index is -0.124. The molecule has 2 atom stereocenters. The average molecular weight is 180 g/mol. The second-order valence-corrected chi connectivity index (χ2v) is 3.87. The number of nitrogens with one attached hydrogen (secondary N) is 1. The molecule has 1 aliphatic carbocycles. The number of hydrogen-bond donors (Lipinski definition) is 1. The molecule has 1 N–H and O–H groups in total. The number of nitrogens with zero attached hydrogens (tertiary/aromatic N) is 1. The first-order valence-electron chi connectivity index (χ1n) is 4.88. The molecule has 0 heterocycles. The summed E-state index contributed by atoms with van der Waals surface area (Å²) in [7, 11) is 0. The molecule has 1 amide bonds. The van der Waals surface area contributed by atoms with Crippen molar-refractivity contribution in [2.75, 3.05) is 0 Å². The fourth-order valence-corrected chi connectivity index (χ4v) is 1.92. The van der Waals surface area contributed by atoms with Crippen LogP contribution in [-0.2, 0) is 4.79 Å². The Kier molecular flexibility index (Phi) is 3.75. The van der Waals surface area contributed by atoms with Gasteiger partial charge in [0.25, 0.3) is 0 Å². The van der Waals surface area contributed by atoms with Gasteiger partial charge in [-0.15, -0.1) is 0 Å². The summed E-state index contributed by atoms with van der Waals surface area (Å²) >= 11 is 0. The van der Waals surface area contributed by atoms with E-state index in [0.717, 1.165) is 12.8 Å². The largest absolute Gasteiger partial charge is 0.352 e. The Morgan fingerprint density at radius 2 is 2.38 bits per heavy atom. The maximum atomic E-state index is 11.1. The minimum absolute atomic E-state index is 0.00905. The van der Waals surface area contributed by atoms with Crippen LogP contribution in [0.5, 0.6) is 0 Å². The number of hydrogen-bond acceptors (Lipinski definition) is 2. The summed E-state index contributed by atoms with van der Waals surface area (Å²) in [6.45, 7) is 2.21. The van der Waals surface area contributed by atoms with Crippen molar-refractivity contribution in [3.63, 3.8) is 0 Å². The highest BCUT2D eigenvalue weighted by molar-refractivity contribution is 5.78. The molecule has 0 aromatic carbocycles. The third kappa shape index (κ3) is 3.45. The second kappa shape index (κ2) is 4.86. The molecule has 2 unspecified atom stereocenters. The van der Waals surface area contributed by atoms with E-state index in [2.05, 4.69) is 12.2 Å². The van der Waals surface area contributed by atoms with Gasteiger partial charge in [0.1, 0.15) is 6.42 Å². The van der Waals surface area contributed by atoms with Crippen molar-refractivity contribution in [1.82, 2.24) is 5.32 Å². The maximum Gasteiger partial charge on any atom is 0.234 e. The summed E-state index contributed by atoms with van der Waals surface area (Å²) in [4.78, 5) is 11.1. The lowest BCUT2D eigenvalue weighted by Gasteiger charge is -2.27. The van der Waals surface area contributed by atoms with E-state index in [4.69, 9.17) is 5.26 Å². The molecule has 72 valence electrons. The van der Waals surface area contributed by atoms with Gasteiger partial charge in [0, 0.05) is 6.04 Å². The Balaban J connectivity index is 2.28. The first kappa shape index (κ1) is 10.0. The van der Waals surface area contributed by atoms with Crippen molar-refractivity contribution in [2.45, 2.75) is 45.1 Å². The zero-order chi connectivity index (χ0) is 9.68. The molecule has 1 rings (SSSR count). The van der Waals surface area contributed by atoms with E-state index in [1.54, 1.807) is 0 Å². The van der Waals surface area contributed by atoms with E-state index >= 15 is 0 Å². The van der Waals surface area contributed by atoms with Gasteiger partial charge in [0.15, 0.2) is 0 Å². The normalized spacial score (nSPS) is 27.7. The van der Waals surface area contributed by atoms with Gasteiger partial charge < -0.3 is 5.32 Å². The lowest BCUT2D eigenvalue weighted by Crippen LogP contribution is -2.37. The van der Waals surface area contributed by atoms with Crippen LogP contribution in [-0.4, -0.2) is 11.9 Å². The van der Waals surface area contributed by atoms with Crippen LogP contribution in [0.15, 0.2) is 0 Å². The third-order valence-corrected chi connectivity index (χ3v) is 2.54. The van der Waals surface area contributed by atoms with Crippen LogP contribution in [0, 0.1) is 17.2 Å². The average Bonchev–Trinajstić information content (AvgIpc) is 2.04. The molecule has 0 aromatic heterocycles. The molecule has 0 bridgehead atoms. The number of carbonyl (C=O) groups excluding carboxylic acids is 1. The van der Waals surface area contributed by atoms with E-state index in [1.165, 1.54) is 12.8 Å². The Bertz CT molecular complexity index is 219. The van der Waals surface area contributed by atoms with Crippen molar-refractivity contribution in [2.24, 2.45) is 5.92 Å². The van der Waals surface area contributed by atoms with Crippen LogP contribution >= 0.6 is 0 Å². The minimum Gasteiger partial charge on any atom is -0.352 e. The Morgan fingerprint density at radius 3 is 3.00 bits per heavy atom. The summed E-state index contributed by atoms with van der Waals surface area (Å²) in [5, 5.41) is 11.2. The number of rotatable bonds is 2. The monoisotopic (exact) mass is 180 g/mol.